The lowest BCUT2D eigenvalue weighted by Gasteiger charge is -2.06. The Labute approximate surface area is 141 Å². The van der Waals surface area contributed by atoms with Crippen LogP contribution in [0.5, 0.6) is 0 Å². The molecule has 0 unspecified atom stereocenters. The second-order valence-electron chi connectivity index (χ2n) is 4.58. The summed E-state index contributed by atoms with van der Waals surface area (Å²) in [4.78, 5) is 15.8. The number of hydrogen-bond acceptors (Lipinski definition) is 6. The Bertz CT molecular complexity index is 1010. The first-order valence-electron chi connectivity index (χ1n) is 6.42. The van der Waals surface area contributed by atoms with Crippen molar-refractivity contribution in [1.82, 2.24) is 4.98 Å². The van der Waals surface area contributed by atoms with Crippen LogP contribution in [0.1, 0.15) is 10.4 Å². The minimum absolute atomic E-state index is 0.0210. The number of fused-ring (bicyclic) bond motifs is 1. The Kier molecular flexibility index (Phi) is 4.09. The van der Waals surface area contributed by atoms with Gasteiger partial charge in [-0.05, 0) is 30.3 Å². The molecule has 0 bridgehead atoms. The smallest absolute Gasteiger partial charge is 0.339 e. The minimum Gasteiger partial charge on any atom is -0.465 e. The van der Waals surface area contributed by atoms with Gasteiger partial charge in [-0.2, -0.15) is 0 Å². The van der Waals surface area contributed by atoms with Gasteiger partial charge in [0.25, 0.3) is 0 Å². The van der Waals surface area contributed by atoms with Crippen molar-refractivity contribution in [2.75, 3.05) is 7.11 Å². The third-order valence-corrected chi connectivity index (χ3v) is 6.58. The number of nitrogens with zero attached hydrogens (tertiary/aromatic N) is 1. The van der Waals surface area contributed by atoms with Crippen molar-refractivity contribution in [3.63, 3.8) is 0 Å². The lowest BCUT2D eigenvalue weighted by Crippen LogP contribution is -2.10. The molecule has 1 heterocycles. The molecule has 3 aromatic rings. The predicted octanol–water partition coefficient (Wildman–Crippen LogP) is 3.57. The van der Waals surface area contributed by atoms with E-state index in [4.69, 9.17) is 11.6 Å². The number of carbonyl (C=O) groups excluding carboxylic acids is 1. The molecule has 0 atom stereocenters. The fraction of sp³-hybridized carbons (Fsp3) is 0.0667. The molecule has 0 spiro atoms. The highest BCUT2D eigenvalue weighted by Gasteiger charge is 2.27. The van der Waals surface area contributed by atoms with E-state index in [2.05, 4.69) is 9.72 Å². The fourth-order valence-electron chi connectivity index (χ4n) is 2.07. The van der Waals surface area contributed by atoms with Crippen molar-refractivity contribution in [1.29, 1.82) is 0 Å². The molecule has 3 rings (SSSR count). The number of carbonyl (C=O) groups is 1. The molecule has 0 saturated heterocycles. The van der Waals surface area contributed by atoms with Crippen molar-refractivity contribution in [3.05, 3.63) is 53.1 Å². The monoisotopic (exact) mass is 367 g/mol. The summed E-state index contributed by atoms with van der Waals surface area (Å²) in [5.74, 6) is -0.715. The zero-order valence-electron chi connectivity index (χ0n) is 11.8. The molecule has 2 aromatic carbocycles. The molecule has 0 fully saturated rings. The zero-order chi connectivity index (χ0) is 16.6. The number of hydrogen-bond donors (Lipinski definition) is 0. The van der Waals surface area contributed by atoms with E-state index in [0.29, 0.717) is 15.2 Å². The Morgan fingerprint density at radius 2 is 1.96 bits per heavy atom. The lowest BCUT2D eigenvalue weighted by atomic mass is 10.2. The summed E-state index contributed by atoms with van der Waals surface area (Å²) in [7, 11) is -2.74. The van der Waals surface area contributed by atoms with Gasteiger partial charge in [0.05, 0.1) is 27.8 Å². The van der Waals surface area contributed by atoms with Gasteiger partial charge in [-0.1, -0.05) is 23.7 Å². The van der Waals surface area contributed by atoms with Gasteiger partial charge in [0.2, 0.25) is 14.2 Å². The molecule has 0 radical (unpaired) electrons. The number of rotatable bonds is 3. The van der Waals surface area contributed by atoms with E-state index in [1.54, 1.807) is 30.3 Å². The van der Waals surface area contributed by atoms with Gasteiger partial charge < -0.3 is 4.74 Å². The molecule has 23 heavy (non-hydrogen) atoms. The average Bonchev–Trinajstić information content (AvgIpc) is 2.98. The molecule has 0 aliphatic rings. The van der Waals surface area contributed by atoms with Crippen LogP contribution in [0.4, 0.5) is 0 Å². The Morgan fingerprint density at radius 3 is 2.70 bits per heavy atom. The SMILES string of the molecule is COC(=O)c1ccccc1S(=O)(=O)c1nc2ccc(Cl)cc2s1. The molecule has 1 aromatic heterocycles. The second-order valence-corrected chi connectivity index (χ2v) is 8.14. The topological polar surface area (TPSA) is 73.3 Å². The first-order valence-corrected chi connectivity index (χ1v) is 9.10. The van der Waals surface area contributed by atoms with E-state index in [1.807, 2.05) is 0 Å². The third kappa shape index (κ3) is 2.83. The second kappa shape index (κ2) is 5.92. The predicted molar refractivity (Wildman–Crippen MR) is 87.9 cm³/mol. The normalized spacial score (nSPS) is 11.6. The van der Waals surface area contributed by atoms with Gasteiger partial charge in [0.15, 0.2) is 0 Å². The summed E-state index contributed by atoms with van der Waals surface area (Å²) >= 11 is 6.92. The van der Waals surface area contributed by atoms with Gasteiger partial charge in [0, 0.05) is 5.02 Å². The maximum Gasteiger partial charge on any atom is 0.339 e. The average molecular weight is 368 g/mol. The molecule has 0 aliphatic carbocycles. The third-order valence-electron chi connectivity index (χ3n) is 3.14. The highest BCUT2D eigenvalue weighted by Crippen LogP contribution is 2.32. The van der Waals surface area contributed by atoms with Crippen molar-refractivity contribution in [3.8, 4) is 0 Å². The number of aromatic nitrogens is 1. The molecule has 5 nitrogen and oxygen atoms in total. The largest absolute Gasteiger partial charge is 0.465 e. The van der Waals surface area contributed by atoms with Crippen molar-refractivity contribution in [2.45, 2.75) is 9.24 Å². The number of methoxy groups -OCH3 is 1. The number of ether oxygens (including phenoxy) is 1. The van der Waals surface area contributed by atoms with Crippen LogP contribution < -0.4 is 0 Å². The minimum atomic E-state index is -3.94. The van der Waals surface area contributed by atoms with Gasteiger partial charge in [0.1, 0.15) is 0 Å². The number of benzene rings is 2. The molecule has 118 valence electrons. The number of thiazole rings is 1. The Morgan fingerprint density at radius 1 is 1.22 bits per heavy atom. The fourth-order valence-corrected chi connectivity index (χ4v) is 5.12. The van der Waals surface area contributed by atoms with Crippen molar-refractivity contribution in [2.24, 2.45) is 0 Å². The van der Waals surface area contributed by atoms with E-state index in [0.717, 1.165) is 11.3 Å². The van der Waals surface area contributed by atoms with Crippen LogP contribution in [0.3, 0.4) is 0 Å². The van der Waals surface area contributed by atoms with Crippen LogP contribution in [0.15, 0.2) is 51.7 Å². The maximum absolute atomic E-state index is 12.8. The summed E-state index contributed by atoms with van der Waals surface area (Å²) in [5.41, 5.74) is 0.515. The molecular weight excluding hydrogens is 358 g/mol. The molecule has 0 amide bonds. The van der Waals surface area contributed by atoms with E-state index in [1.165, 1.54) is 19.2 Å². The van der Waals surface area contributed by atoms with Gasteiger partial charge in [-0.25, -0.2) is 18.2 Å². The lowest BCUT2D eigenvalue weighted by molar-refractivity contribution is 0.0596. The van der Waals surface area contributed by atoms with Crippen LogP contribution >= 0.6 is 22.9 Å². The Balaban J connectivity index is 2.20. The summed E-state index contributed by atoms with van der Waals surface area (Å²) in [6.07, 6.45) is 0. The highest BCUT2D eigenvalue weighted by atomic mass is 35.5. The quantitative estimate of drug-likeness (QED) is 0.661. The molecular formula is C15H10ClNO4S2. The first kappa shape index (κ1) is 15.9. The maximum atomic E-state index is 12.8. The molecule has 8 heteroatoms. The number of esters is 1. The van der Waals surface area contributed by atoms with Crippen LogP contribution in [-0.4, -0.2) is 26.5 Å². The standard InChI is InChI=1S/C15H10ClNO4S2/c1-21-14(18)10-4-2-3-5-13(10)23(19,20)15-17-11-7-6-9(16)8-12(11)22-15/h2-8H,1H3. The summed E-state index contributed by atoms with van der Waals surface area (Å²) in [5, 5.41) is 0.500. The summed E-state index contributed by atoms with van der Waals surface area (Å²) in [6, 6.07) is 10.8. The Hall–Kier alpha value is -1.96. The number of sulfone groups is 1. The van der Waals surface area contributed by atoms with Crippen LogP contribution in [0.25, 0.3) is 10.2 Å². The zero-order valence-corrected chi connectivity index (χ0v) is 14.2. The first-order chi connectivity index (χ1) is 10.9. The van der Waals surface area contributed by atoms with Gasteiger partial charge >= 0.3 is 5.97 Å². The van der Waals surface area contributed by atoms with E-state index in [-0.39, 0.29) is 14.8 Å². The summed E-state index contributed by atoms with van der Waals surface area (Å²) in [6.45, 7) is 0. The van der Waals surface area contributed by atoms with Crippen molar-refractivity contribution < 1.29 is 17.9 Å². The van der Waals surface area contributed by atoms with Gasteiger partial charge in [-0.15, -0.1) is 11.3 Å². The molecule has 0 N–H and O–H groups in total. The van der Waals surface area contributed by atoms with Crippen LogP contribution in [0, 0.1) is 0 Å². The van der Waals surface area contributed by atoms with E-state index in [9.17, 15) is 13.2 Å². The van der Waals surface area contributed by atoms with Crippen LogP contribution in [0.2, 0.25) is 5.02 Å². The highest BCUT2D eigenvalue weighted by molar-refractivity contribution is 7.93. The van der Waals surface area contributed by atoms with Crippen LogP contribution in [-0.2, 0) is 14.6 Å². The van der Waals surface area contributed by atoms with E-state index >= 15 is 0 Å². The molecule has 0 aliphatic heterocycles. The van der Waals surface area contributed by atoms with E-state index < -0.39 is 15.8 Å². The summed E-state index contributed by atoms with van der Waals surface area (Å²) < 4.78 is 30.9. The number of halogens is 1. The molecule has 0 saturated carbocycles. The van der Waals surface area contributed by atoms with Gasteiger partial charge in [-0.3, -0.25) is 0 Å². The van der Waals surface area contributed by atoms with Crippen molar-refractivity contribution >= 4 is 49.0 Å².